The van der Waals surface area contributed by atoms with Gasteiger partial charge in [-0.25, -0.2) is 0 Å². The molecule has 0 radical (unpaired) electrons. The average molecular weight is 373 g/mol. The van der Waals surface area contributed by atoms with Gasteiger partial charge in [0.15, 0.2) is 0 Å². The van der Waals surface area contributed by atoms with E-state index in [0.717, 1.165) is 9.26 Å². The molecule has 0 unspecified atom stereocenters. The molecule has 0 saturated carbocycles. The van der Waals surface area contributed by atoms with Crippen LogP contribution < -0.4 is 11.1 Å². The minimum Gasteiger partial charge on any atom is -0.398 e. The lowest BCUT2D eigenvalue weighted by atomic mass is 10.1. The molecule has 0 spiro atoms. The molecule has 2 rings (SSSR count). The van der Waals surface area contributed by atoms with E-state index in [-0.39, 0.29) is 5.91 Å². The minimum atomic E-state index is -0.267. The fourth-order valence-electron chi connectivity index (χ4n) is 1.46. The van der Waals surface area contributed by atoms with Gasteiger partial charge in [-0.3, -0.25) is 4.79 Å². The van der Waals surface area contributed by atoms with Crippen LogP contribution in [0.25, 0.3) is 0 Å². The zero-order chi connectivity index (χ0) is 13.1. The summed E-state index contributed by atoms with van der Waals surface area (Å²) in [6.45, 7) is 0. The fraction of sp³-hybridized carbons (Fsp3) is 0. The first-order chi connectivity index (χ1) is 8.56. The van der Waals surface area contributed by atoms with E-state index in [4.69, 9.17) is 17.3 Å². The first kappa shape index (κ1) is 13.2. The lowest BCUT2D eigenvalue weighted by Gasteiger charge is -2.08. The summed E-state index contributed by atoms with van der Waals surface area (Å²) in [6, 6.07) is 12.3. The number of carbonyl (C=O) groups is 1. The number of benzene rings is 2. The second-order valence-electron chi connectivity index (χ2n) is 3.69. The molecule has 0 aliphatic rings. The number of amides is 1. The number of nitrogen functional groups attached to an aromatic ring is 1. The van der Waals surface area contributed by atoms with Crippen LogP contribution in [0, 0.1) is 3.57 Å². The molecular formula is C13H10ClIN2O. The SMILES string of the molecule is Nc1ccc(Cl)cc1C(=O)Nc1ccc(I)cc1. The summed E-state index contributed by atoms with van der Waals surface area (Å²) in [6.07, 6.45) is 0. The van der Waals surface area contributed by atoms with Gasteiger partial charge in [0.2, 0.25) is 0 Å². The van der Waals surface area contributed by atoms with Crippen LogP contribution >= 0.6 is 34.2 Å². The average Bonchev–Trinajstić information content (AvgIpc) is 2.35. The van der Waals surface area contributed by atoms with Crippen LogP contribution in [-0.4, -0.2) is 5.91 Å². The van der Waals surface area contributed by atoms with Crippen molar-refractivity contribution in [2.45, 2.75) is 0 Å². The van der Waals surface area contributed by atoms with Crippen LogP contribution in [0.4, 0.5) is 11.4 Å². The number of anilines is 2. The van der Waals surface area contributed by atoms with E-state index < -0.39 is 0 Å². The van der Waals surface area contributed by atoms with E-state index in [1.165, 1.54) is 0 Å². The van der Waals surface area contributed by atoms with Gasteiger partial charge in [0.25, 0.3) is 5.91 Å². The van der Waals surface area contributed by atoms with Crippen molar-refractivity contribution in [3.05, 3.63) is 56.6 Å². The van der Waals surface area contributed by atoms with Gasteiger partial charge < -0.3 is 11.1 Å². The van der Waals surface area contributed by atoms with Crippen molar-refractivity contribution in [1.29, 1.82) is 0 Å². The van der Waals surface area contributed by atoms with Gasteiger partial charge in [0, 0.05) is 20.0 Å². The van der Waals surface area contributed by atoms with E-state index in [9.17, 15) is 4.79 Å². The number of halogens is 2. The van der Waals surface area contributed by atoms with Crippen molar-refractivity contribution in [3.63, 3.8) is 0 Å². The largest absolute Gasteiger partial charge is 0.398 e. The summed E-state index contributed by atoms with van der Waals surface area (Å²) in [5.41, 5.74) is 7.25. The van der Waals surface area contributed by atoms with E-state index in [1.807, 2.05) is 24.3 Å². The molecule has 1 amide bonds. The molecule has 92 valence electrons. The molecule has 0 aliphatic carbocycles. The van der Waals surface area contributed by atoms with E-state index in [2.05, 4.69) is 27.9 Å². The van der Waals surface area contributed by atoms with Crippen LogP contribution in [0.1, 0.15) is 10.4 Å². The molecule has 0 atom stereocenters. The highest BCUT2D eigenvalue weighted by atomic mass is 127. The lowest BCUT2D eigenvalue weighted by molar-refractivity contribution is 0.102. The molecule has 0 fully saturated rings. The zero-order valence-electron chi connectivity index (χ0n) is 9.28. The molecule has 2 aromatic rings. The molecular weight excluding hydrogens is 363 g/mol. The number of hydrogen-bond donors (Lipinski definition) is 2. The van der Waals surface area contributed by atoms with Gasteiger partial charge in [0.05, 0.1) is 5.56 Å². The molecule has 0 heterocycles. The van der Waals surface area contributed by atoms with Gasteiger partial charge in [-0.05, 0) is 65.1 Å². The molecule has 3 N–H and O–H groups in total. The Morgan fingerprint density at radius 1 is 1.17 bits per heavy atom. The Morgan fingerprint density at radius 2 is 1.83 bits per heavy atom. The predicted octanol–water partition coefficient (Wildman–Crippen LogP) is 3.78. The smallest absolute Gasteiger partial charge is 0.257 e. The first-order valence-corrected chi connectivity index (χ1v) is 6.64. The van der Waals surface area contributed by atoms with Crippen molar-refractivity contribution in [1.82, 2.24) is 0 Å². The standard InChI is InChI=1S/C13H10ClIN2O/c14-8-1-6-12(16)11(7-8)13(18)17-10-4-2-9(15)3-5-10/h1-7H,16H2,(H,17,18). The van der Waals surface area contributed by atoms with Crippen molar-refractivity contribution >= 4 is 51.5 Å². The van der Waals surface area contributed by atoms with Crippen molar-refractivity contribution in [3.8, 4) is 0 Å². The van der Waals surface area contributed by atoms with Crippen LogP contribution in [0.2, 0.25) is 5.02 Å². The molecule has 18 heavy (non-hydrogen) atoms. The predicted molar refractivity (Wildman–Crippen MR) is 83.0 cm³/mol. The molecule has 5 heteroatoms. The highest BCUT2D eigenvalue weighted by Crippen LogP contribution is 2.19. The third-order valence-corrected chi connectivity index (χ3v) is 3.32. The topological polar surface area (TPSA) is 55.1 Å². The quantitative estimate of drug-likeness (QED) is 0.623. The van der Waals surface area contributed by atoms with Gasteiger partial charge in [-0.1, -0.05) is 11.6 Å². The Balaban J connectivity index is 2.21. The van der Waals surface area contributed by atoms with Crippen molar-refractivity contribution in [2.75, 3.05) is 11.1 Å². The van der Waals surface area contributed by atoms with Crippen LogP contribution in [0.15, 0.2) is 42.5 Å². The van der Waals surface area contributed by atoms with Gasteiger partial charge >= 0.3 is 0 Å². The van der Waals surface area contributed by atoms with E-state index in [1.54, 1.807) is 18.2 Å². The number of nitrogens with two attached hydrogens (primary N) is 1. The van der Waals surface area contributed by atoms with E-state index in [0.29, 0.717) is 16.3 Å². The zero-order valence-corrected chi connectivity index (χ0v) is 12.2. The molecule has 0 aliphatic heterocycles. The minimum absolute atomic E-state index is 0.267. The third kappa shape index (κ3) is 3.14. The van der Waals surface area contributed by atoms with Crippen molar-refractivity contribution < 1.29 is 4.79 Å². The highest BCUT2D eigenvalue weighted by Gasteiger charge is 2.10. The monoisotopic (exact) mass is 372 g/mol. The first-order valence-electron chi connectivity index (χ1n) is 5.18. The van der Waals surface area contributed by atoms with Gasteiger partial charge in [-0.2, -0.15) is 0 Å². The molecule has 3 nitrogen and oxygen atoms in total. The summed E-state index contributed by atoms with van der Waals surface area (Å²) in [4.78, 5) is 12.0. The second kappa shape index (κ2) is 5.58. The Bertz CT molecular complexity index is 584. The summed E-state index contributed by atoms with van der Waals surface area (Å²) in [5.74, 6) is -0.267. The third-order valence-electron chi connectivity index (χ3n) is 2.36. The second-order valence-corrected chi connectivity index (χ2v) is 5.37. The number of carbonyl (C=O) groups excluding carboxylic acids is 1. The highest BCUT2D eigenvalue weighted by molar-refractivity contribution is 14.1. The van der Waals surface area contributed by atoms with Crippen LogP contribution in [0.5, 0.6) is 0 Å². The molecule has 0 aromatic heterocycles. The normalized spacial score (nSPS) is 10.1. The lowest BCUT2D eigenvalue weighted by Crippen LogP contribution is -2.13. The summed E-state index contributed by atoms with van der Waals surface area (Å²) in [5, 5.41) is 3.26. The van der Waals surface area contributed by atoms with Crippen LogP contribution in [0.3, 0.4) is 0 Å². The summed E-state index contributed by atoms with van der Waals surface area (Å²) in [7, 11) is 0. The molecule has 2 aromatic carbocycles. The number of hydrogen-bond acceptors (Lipinski definition) is 2. The number of rotatable bonds is 2. The maximum atomic E-state index is 12.0. The number of nitrogens with one attached hydrogen (secondary N) is 1. The van der Waals surface area contributed by atoms with Gasteiger partial charge in [-0.15, -0.1) is 0 Å². The Labute approximate surface area is 123 Å². The Kier molecular flexibility index (Phi) is 4.08. The van der Waals surface area contributed by atoms with Gasteiger partial charge in [0.1, 0.15) is 0 Å². The molecule has 0 bridgehead atoms. The maximum Gasteiger partial charge on any atom is 0.257 e. The summed E-state index contributed by atoms with van der Waals surface area (Å²) < 4.78 is 1.10. The van der Waals surface area contributed by atoms with Crippen LogP contribution in [-0.2, 0) is 0 Å². The Morgan fingerprint density at radius 3 is 2.50 bits per heavy atom. The maximum absolute atomic E-state index is 12.0. The van der Waals surface area contributed by atoms with Crippen molar-refractivity contribution in [2.24, 2.45) is 0 Å². The van der Waals surface area contributed by atoms with E-state index >= 15 is 0 Å². The fourth-order valence-corrected chi connectivity index (χ4v) is 1.99. The Hall–Kier alpha value is -1.27. The summed E-state index contributed by atoms with van der Waals surface area (Å²) >= 11 is 8.05. The molecule has 0 saturated heterocycles.